The SMILES string of the molecule is C1CCC(P(C2CCCCC2)C2CCCCC2)CC1.C1CCC(P(C2CCCCC2)C2CCCCC2)CC1.[Cl][Rh][Cl]. The van der Waals surface area contributed by atoms with E-state index in [2.05, 4.69) is 0 Å². The van der Waals surface area contributed by atoms with Crippen LogP contribution in [0.5, 0.6) is 0 Å². The maximum atomic E-state index is 4.83. The van der Waals surface area contributed by atoms with Gasteiger partial charge in [0, 0.05) is 0 Å². The standard InChI is InChI=1S/2C18H33P.2ClH.Rh/c2*1-4-10-16(11-5-1)19(17-12-6-2-7-13-17)18-14-8-3-9-15-18;;;/h2*16-18H,1-15H2;2*1H;/q;;;;+2/p-2. The molecule has 0 unspecified atom stereocenters. The van der Waals surface area contributed by atoms with Gasteiger partial charge >= 0.3 is 34.5 Å². The van der Waals surface area contributed by atoms with Crippen molar-refractivity contribution in [1.82, 2.24) is 0 Å². The number of hydrogen-bond donors (Lipinski definition) is 0. The van der Waals surface area contributed by atoms with Crippen LogP contribution in [-0.2, 0) is 15.1 Å². The van der Waals surface area contributed by atoms with Crippen molar-refractivity contribution in [3.63, 3.8) is 0 Å². The Balaban J connectivity index is 0.000000173. The molecular weight excluding hydrogens is 668 g/mol. The summed E-state index contributed by atoms with van der Waals surface area (Å²) in [5.74, 6) is 0. The van der Waals surface area contributed by atoms with E-state index in [1.54, 1.807) is 154 Å². The summed E-state index contributed by atoms with van der Waals surface area (Å²) in [4.78, 5) is 0. The Hall–Kier alpha value is 2.06. The Morgan fingerprint density at radius 1 is 0.268 bits per heavy atom. The van der Waals surface area contributed by atoms with Gasteiger partial charge in [-0.25, -0.2) is 0 Å². The molecule has 6 aliphatic rings. The van der Waals surface area contributed by atoms with E-state index in [1.165, 1.54) is 72.5 Å². The van der Waals surface area contributed by atoms with E-state index in [1.807, 2.05) is 0 Å². The van der Waals surface area contributed by atoms with E-state index < -0.39 is 0 Å². The van der Waals surface area contributed by atoms with E-state index in [4.69, 9.17) is 19.4 Å². The van der Waals surface area contributed by atoms with Crippen molar-refractivity contribution in [1.29, 1.82) is 0 Å². The third-order valence-electron chi connectivity index (χ3n) is 12.0. The molecule has 0 radical (unpaired) electrons. The summed E-state index contributed by atoms with van der Waals surface area (Å²) >= 11 is -0.226. The van der Waals surface area contributed by atoms with Crippen LogP contribution in [0.15, 0.2) is 0 Å². The number of rotatable bonds is 6. The minimum atomic E-state index is -0.226. The third kappa shape index (κ3) is 12.3. The number of halogens is 2. The molecule has 6 fully saturated rings. The first-order chi connectivity index (χ1) is 20.3. The van der Waals surface area contributed by atoms with E-state index in [9.17, 15) is 0 Å². The second-order valence-corrected chi connectivity index (χ2v) is 23.4. The zero-order chi connectivity index (χ0) is 28.5. The zero-order valence-corrected chi connectivity index (χ0v) is 31.6. The van der Waals surface area contributed by atoms with Crippen LogP contribution in [0, 0.1) is 0 Å². The van der Waals surface area contributed by atoms with Gasteiger partial charge in [0.2, 0.25) is 0 Å². The summed E-state index contributed by atoms with van der Waals surface area (Å²) in [6.45, 7) is 0. The molecule has 0 aliphatic heterocycles. The quantitative estimate of drug-likeness (QED) is 0.188. The molecule has 0 aromatic heterocycles. The van der Waals surface area contributed by atoms with Crippen LogP contribution in [-0.4, -0.2) is 34.0 Å². The van der Waals surface area contributed by atoms with E-state index >= 15 is 0 Å². The van der Waals surface area contributed by atoms with Crippen molar-refractivity contribution in [3.05, 3.63) is 0 Å². The minimum absolute atomic E-state index is 0.226. The molecule has 0 N–H and O–H groups in total. The predicted octanol–water partition coefficient (Wildman–Crippen LogP) is 14.3. The molecule has 0 nitrogen and oxygen atoms in total. The molecule has 0 amide bonds. The van der Waals surface area contributed by atoms with Crippen LogP contribution in [0.1, 0.15) is 193 Å². The summed E-state index contributed by atoms with van der Waals surface area (Å²) in [5.41, 5.74) is 7.14. The first-order valence-electron chi connectivity index (χ1n) is 18.7. The Morgan fingerprint density at radius 3 is 0.512 bits per heavy atom. The summed E-state index contributed by atoms with van der Waals surface area (Å²) in [5, 5.41) is 0. The van der Waals surface area contributed by atoms with Crippen LogP contribution in [0.25, 0.3) is 0 Å². The summed E-state index contributed by atoms with van der Waals surface area (Å²) < 4.78 is 0. The molecule has 0 heterocycles. The Labute approximate surface area is 275 Å². The predicted molar refractivity (Wildman–Crippen MR) is 187 cm³/mol. The second kappa shape index (κ2) is 21.8. The van der Waals surface area contributed by atoms with Gasteiger partial charge in [0.1, 0.15) is 0 Å². The van der Waals surface area contributed by atoms with Crippen molar-refractivity contribution in [2.75, 3.05) is 0 Å². The second-order valence-electron chi connectivity index (χ2n) is 14.7. The molecule has 0 spiro atoms. The first-order valence-corrected chi connectivity index (χ1v) is 26.0. The Kier molecular flexibility index (Phi) is 19.1. The van der Waals surface area contributed by atoms with E-state index in [-0.39, 0.29) is 15.1 Å². The van der Waals surface area contributed by atoms with Crippen LogP contribution < -0.4 is 0 Å². The fourth-order valence-electron chi connectivity index (χ4n) is 10.1. The van der Waals surface area contributed by atoms with Crippen molar-refractivity contribution in [2.24, 2.45) is 0 Å². The topological polar surface area (TPSA) is 0 Å². The van der Waals surface area contributed by atoms with Gasteiger partial charge in [-0.15, -0.1) is 0 Å². The number of hydrogen-bond acceptors (Lipinski definition) is 0. The third-order valence-corrected chi connectivity index (χ3v) is 20.1. The van der Waals surface area contributed by atoms with Crippen LogP contribution in [0.2, 0.25) is 0 Å². The molecule has 6 aliphatic carbocycles. The summed E-state index contributed by atoms with van der Waals surface area (Å²) in [7, 11) is 10.4. The van der Waals surface area contributed by atoms with Crippen LogP contribution >= 0.6 is 35.2 Å². The van der Waals surface area contributed by atoms with Crippen molar-refractivity contribution < 1.29 is 15.1 Å². The molecular formula is C36H66Cl2P2Rh. The van der Waals surface area contributed by atoms with Crippen LogP contribution in [0.4, 0.5) is 0 Å². The van der Waals surface area contributed by atoms with Crippen molar-refractivity contribution in [3.8, 4) is 0 Å². The molecule has 0 bridgehead atoms. The van der Waals surface area contributed by atoms with E-state index in [0.717, 1.165) is 0 Å². The average molecular weight is 735 g/mol. The maximum absolute atomic E-state index is 4.83. The van der Waals surface area contributed by atoms with Crippen molar-refractivity contribution >= 4 is 35.2 Å². The van der Waals surface area contributed by atoms with Gasteiger partial charge in [-0.1, -0.05) is 131 Å². The van der Waals surface area contributed by atoms with Gasteiger partial charge in [0.25, 0.3) is 0 Å². The molecule has 0 aromatic rings. The molecule has 5 heteroatoms. The van der Waals surface area contributed by atoms with Gasteiger partial charge in [-0.05, 0) is 111 Å². The average Bonchev–Trinajstić information content (AvgIpc) is 3.05. The van der Waals surface area contributed by atoms with Crippen LogP contribution in [0.3, 0.4) is 0 Å². The molecule has 0 atom stereocenters. The first kappa shape index (κ1) is 35.9. The van der Waals surface area contributed by atoms with Gasteiger partial charge in [-0.2, -0.15) is 0 Å². The molecule has 6 saturated carbocycles. The van der Waals surface area contributed by atoms with Gasteiger partial charge < -0.3 is 0 Å². The molecule has 0 aromatic carbocycles. The van der Waals surface area contributed by atoms with Gasteiger partial charge in [0.15, 0.2) is 0 Å². The Bertz CT molecular complexity index is 490. The normalized spacial score (nSPS) is 27.3. The fourth-order valence-corrected chi connectivity index (χ4v) is 19.4. The van der Waals surface area contributed by atoms with E-state index in [0.29, 0.717) is 15.8 Å². The fraction of sp³-hybridized carbons (Fsp3) is 1.00. The Morgan fingerprint density at radius 2 is 0.390 bits per heavy atom. The van der Waals surface area contributed by atoms with Crippen molar-refractivity contribution in [2.45, 2.75) is 227 Å². The molecule has 0 saturated heterocycles. The molecule has 243 valence electrons. The summed E-state index contributed by atoms with van der Waals surface area (Å²) in [6.07, 6.45) is 47.2. The van der Waals surface area contributed by atoms with Gasteiger partial charge in [0.05, 0.1) is 0 Å². The zero-order valence-electron chi connectivity index (χ0n) is 26.7. The monoisotopic (exact) mass is 733 g/mol. The molecule has 41 heavy (non-hydrogen) atoms. The van der Waals surface area contributed by atoms with Gasteiger partial charge in [-0.3, -0.25) is 0 Å². The molecule has 6 rings (SSSR count). The summed E-state index contributed by atoms with van der Waals surface area (Å²) in [6, 6.07) is 0.